The van der Waals surface area contributed by atoms with Crippen molar-refractivity contribution >= 4 is 5.69 Å². The Kier molecular flexibility index (Phi) is 2.77. The van der Waals surface area contributed by atoms with E-state index in [2.05, 4.69) is 11.0 Å². The molecule has 0 amide bonds. The summed E-state index contributed by atoms with van der Waals surface area (Å²) < 4.78 is 5.11. The number of nitrogens with zero attached hydrogens (tertiary/aromatic N) is 2. The molecule has 1 aliphatic rings. The minimum atomic E-state index is 0.613. The van der Waals surface area contributed by atoms with Gasteiger partial charge in [-0.3, -0.25) is 0 Å². The number of benzene rings is 1. The van der Waals surface area contributed by atoms with Gasteiger partial charge in [0.2, 0.25) is 0 Å². The summed E-state index contributed by atoms with van der Waals surface area (Å²) in [6, 6.07) is 7.95. The average Bonchev–Trinajstić information content (AvgIpc) is 2.81. The van der Waals surface area contributed by atoms with Crippen LogP contribution < -0.4 is 9.64 Å². The zero-order valence-electron chi connectivity index (χ0n) is 8.86. The van der Waals surface area contributed by atoms with Gasteiger partial charge in [0.15, 0.2) is 0 Å². The SMILES string of the molecule is COc1ccc(N2CCCC2)cc1C#N. The largest absolute Gasteiger partial charge is 0.495 e. The van der Waals surface area contributed by atoms with Crippen molar-refractivity contribution in [3.8, 4) is 11.8 Å². The summed E-state index contributed by atoms with van der Waals surface area (Å²) in [6.45, 7) is 2.19. The van der Waals surface area contributed by atoms with Crippen LogP contribution in [0.4, 0.5) is 5.69 Å². The van der Waals surface area contributed by atoms with E-state index in [-0.39, 0.29) is 0 Å². The number of anilines is 1. The smallest absolute Gasteiger partial charge is 0.136 e. The molecular formula is C12H14N2O. The van der Waals surface area contributed by atoms with Gasteiger partial charge >= 0.3 is 0 Å². The van der Waals surface area contributed by atoms with Crippen LogP contribution in [0.3, 0.4) is 0 Å². The van der Waals surface area contributed by atoms with Gasteiger partial charge in [0.05, 0.1) is 12.7 Å². The molecule has 0 spiro atoms. The maximum atomic E-state index is 8.97. The Bertz CT molecular complexity index is 389. The van der Waals surface area contributed by atoms with Gasteiger partial charge in [-0.1, -0.05) is 0 Å². The van der Waals surface area contributed by atoms with Gasteiger partial charge in [0.25, 0.3) is 0 Å². The highest BCUT2D eigenvalue weighted by atomic mass is 16.5. The number of hydrogen-bond donors (Lipinski definition) is 0. The Morgan fingerprint density at radius 3 is 2.67 bits per heavy atom. The molecule has 0 N–H and O–H groups in total. The number of methoxy groups -OCH3 is 1. The molecule has 0 saturated carbocycles. The Morgan fingerprint density at radius 2 is 2.07 bits per heavy atom. The van der Waals surface area contributed by atoms with Crippen molar-refractivity contribution in [3.05, 3.63) is 23.8 Å². The van der Waals surface area contributed by atoms with Crippen molar-refractivity contribution in [1.82, 2.24) is 0 Å². The molecule has 3 nitrogen and oxygen atoms in total. The molecular weight excluding hydrogens is 188 g/mol. The summed E-state index contributed by atoms with van der Waals surface area (Å²) in [5.41, 5.74) is 1.74. The molecule has 15 heavy (non-hydrogen) atoms. The van der Waals surface area contributed by atoms with Crippen LogP contribution in [0.2, 0.25) is 0 Å². The maximum absolute atomic E-state index is 8.97. The number of hydrogen-bond acceptors (Lipinski definition) is 3. The molecule has 1 aromatic rings. The highest BCUT2D eigenvalue weighted by Crippen LogP contribution is 2.26. The molecule has 1 aromatic carbocycles. The third-order valence-electron chi connectivity index (χ3n) is 2.77. The van der Waals surface area contributed by atoms with Crippen LogP contribution in [0.5, 0.6) is 5.75 Å². The van der Waals surface area contributed by atoms with E-state index in [0.717, 1.165) is 18.8 Å². The minimum absolute atomic E-state index is 0.613. The normalized spacial score (nSPS) is 15.1. The van der Waals surface area contributed by atoms with Crippen LogP contribution in [0.25, 0.3) is 0 Å². The molecule has 78 valence electrons. The van der Waals surface area contributed by atoms with Crippen LogP contribution in [0.1, 0.15) is 18.4 Å². The Labute approximate surface area is 89.9 Å². The van der Waals surface area contributed by atoms with Gasteiger partial charge in [-0.2, -0.15) is 5.26 Å². The lowest BCUT2D eigenvalue weighted by molar-refractivity contribution is 0.413. The van der Waals surface area contributed by atoms with Gasteiger partial charge in [0.1, 0.15) is 11.8 Å². The highest BCUT2D eigenvalue weighted by molar-refractivity contribution is 5.57. The Morgan fingerprint density at radius 1 is 1.33 bits per heavy atom. The van der Waals surface area contributed by atoms with Crippen molar-refractivity contribution in [2.24, 2.45) is 0 Å². The third kappa shape index (κ3) is 1.89. The highest BCUT2D eigenvalue weighted by Gasteiger charge is 2.13. The first-order valence-corrected chi connectivity index (χ1v) is 5.18. The van der Waals surface area contributed by atoms with Gasteiger partial charge < -0.3 is 9.64 Å². The molecule has 0 aromatic heterocycles. The van der Waals surface area contributed by atoms with E-state index >= 15 is 0 Å². The topological polar surface area (TPSA) is 36.3 Å². The lowest BCUT2D eigenvalue weighted by Crippen LogP contribution is -2.17. The predicted octanol–water partition coefficient (Wildman–Crippen LogP) is 2.17. The quantitative estimate of drug-likeness (QED) is 0.737. The fourth-order valence-electron chi connectivity index (χ4n) is 1.96. The molecule has 0 atom stereocenters. The summed E-state index contributed by atoms with van der Waals surface area (Å²) >= 11 is 0. The predicted molar refractivity (Wildman–Crippen MR) is 59.2 cm³/mol. The first kappa shape index (κ1) is 9.85. The summed E-state index contributed by atoms with van der Waals surface area (Å²) in [6.07, 6.45) is 2.49. The molecule has 1 aliphatic heterocycles. The van der Waals surface area contributed by atoms with Gasteiger partial charge in [-0.05, 0) is 31.0 Å². The van der Waals surface area contributed by atoms with E-state index in [0.29, 0.717) is 11.3 Å². The van der Waals surface area contributed by atoms with Crippen molar-refractivity contribution < 1.29 is 4.74 Å². The number of nitriles is 1. The zero-order valence-corrected chi connectivity index (χ0v) is 8.86. The number of ether oxygens (including phenoxy) is 1. The third-order valence-corrected chi connectivity index (χ3v) is 2.77. The molecule has 1 fully saturated rings. The van der Waals surface area contributed by atoms with Crippen LogP contribution in [0.15, 0.2) is 18.2 Å². The summed E-state index contributed by atoms with van der Waals surface area (Å²) in [4.78, 5) is 2.31. The molecule has 0 bridgehead atoms. The fraction of sp³-hybridized carbons (Fsp3) is 0.417. The lowest BCUT2D eigenvalue weighted by Gasteiger charge is -2.18. The molecule has 0 aliphatic carbocycles. The van der Waals surface area contributed by atoms with Crippen LogP contribution >= 0.6 is 0 Å². The van der Waals surface area contributed by atoms with E-state index in [4.69, 9.17) is 10.00 Å². The second kappa shape index (κ2) is 4.22. The number of rotatable bonds is 2. The molecule has 1 saturated heterocycles. The molecule has 0 radical (unpaired) electrons. The zero-order chi connectivity index (χ0) is 10.7. The first-order valence-electron chi connectivity index (χ1n) is 5.18. The first-order chi connectivity index (χ1) is 7.35. The van der Waals surface area contributed by atoms with E-state index < -0.39 is 0 Å². The second-order valence-electron chi connectivity index (χ2n) is 3.69. The molecule has 2 rings (SSSR count). The summed E-state index contributed by atoms with van der Waals surface area (Å²) in [7, 11) is 1.59. The summed E-state index contributed by atoms with van der Waals surface area (Å²) in [5, 5.41) is 8.97. The Balaban J connectivity index is 2.30. The van der Waals surface area contributed by atoms with E-state index in [1.807, 2.05) is 18.2 Å². The minimum Gasteiger partial charge on any atom is -0.495 e. The van der Waals surface area contributed by atoms with Crippen molar-refractivity contribution in [2.75, 3.05) is 25.1 Å². The van der Waals surface area contributed by atoms with E-state index in [1.165, 1.54) is 12.8 Å². The molecule has 0 unspecified atom stereocenters. The molecule has 1 heterocycles. The second-order valence-corrected chi connectivity index (χ2v) is 3.69. The Hall–Kier alpha value is -1.69. The van der Waals surface area contributed by atoms with Gasteiger partial charge in [0, 0.05) is 18.8 Å². The van der Waals surface area contributed by atoms with Crippen molar-refractivity contribution in [2.45, 2.75) is 12.8 Å². The van der Waals surface area contributed by atoms with Crippen LogP contribution in [-0.4, -0.2) is 20.2 Å². The average molecular weight is 202 g/mol. The van der Waals surface area contributed by atoms with E-state index in [1.54, 1.807) is 7.11 Å². The summed E-state index contributed by atoms with van der Waals surface area (Å²) in [5.74, 6) is 0.653. The maximum Gasteiger partial charge on any atom is 0.136 e. The fourth-order valence-corrected chi connectivity index (χ4v) is 1.96. The lowest BCUT2D eigenvalue weighted by atomic mass is 10.2. The van der Waals surface area contributed by atoms with Gasteiger partial charge in [-0.25, -0.2) is 0 Å². The van der Waals surface area contributed by atoms with Crippen LogP contribution in [-0.2, 0) is 0 Å². The van der Waals surface area contributed by atoms with Crippen molar-refractivity contribution in [1.29, 1.82) is 5.26 Å². The molecule has 3 heteroatoms. The monoisotopic (exact) mass is 202 g/mol. The van der Waals surface area contributed by atoms with Crippen LogP contribution in [0, 0.1) is 11.3 Å². The van der Waals surface area contributed by atoms with E-state index in [9.17, 15) is 0 Å². The van der Waals surface area contributed by atoms with Gasteiger partial charge in [-0.15, -0.1) is 0 Å². The standard InChI is InChI=1S/C12H14N2O/c1-15-12-5-4-11(8-10(12)9-13)14-6-2-3-7-14/h4-5,8H,2-3,6-7H2,1H3. The van der Waals surface area contributed by atoms with Crippen molar-refractivity contribution in [3.63, 3.8) is 0 Å².